The second kappa shape index (κ2) is 12.3. The van der Waals surface area contributed by atoms with Gasteiger partial charge in [-0.1, -0.05) is 76.1 Å². The minimum Gasteiger partial charge on any atom is -0.199 e. The zero-order valence-electron chi connectivity index (χ0n) is 23.0. The Morgan fingerprint density at radius 1 is 0.500 bits per heavy atom. The van der Waals surface area contributed by atoms with E-state index >= 15 is 17.6 Å². The molecule has 1 aliphatic rings. The van der Waals surface area contributed by atoms with Crippen LogP contribution in [0.3, 0.4) is 0 Å². The molecule has 0 atom stereocenters. The van der Waals surface area contributed by atoms with E-state index in [0.717, 1.165) is 37.8 Å². The van der Waals surface area contributed by atoms with Crippen LogP contribution in [0.2, 0.25) is 0 Å². The number of rotatable bonds is 14. The Morgan fingerprint density at radius 2 is 0.909 bits per heavy atom. The van der Waals surface area contributed by atoms with Gasteiger partial charge in [0.1, 0.15) is 0 Å². The molecular formula is C27H29F17. The number of aryl methyl sites for hydroxylation is 1. The molecule has 0 unspecified atom stereocenters. The summed E-state index contributed by atoms with van der Waals surface area (Å²) in [6.45, 7) is 1.96. The first-order valence-corrected chi connectivity index (χ1v) is 13.6. The summed E-state index contributed by atoms with van der Waals surface area (Å²) in [6, 6.07) is 3.97. The second-order valence-corrected chi connectivity index (χ2v) is 11.0. The van der Waals surface area contributed by atoms with Crippen molar-refractivity contribution in [1.29, 1.82) is 0 Å². The highest BCUT2D eigenvalue weighted by Crippen LogP contribution is 2.67. The van der Waals surface area contributed by atoms with Gasteiger partial charge in [0.05, 0.1) is 5.41 Å². The third-order valence-corrected chi connectivity index (χ3v) is 8.11. The van der Waals surface area contributed by atoms with Gasteiger partial charge in [0.2, 0.25) is 0 Å². The number of halogens is 17. The maximum absolute atomic E-state index is 15.7. The molecule has 0 aliphatic heterocycles. The quantitative estimate of drug-likeness (QED) is 0.136. The average Bonchev–Trinajstić information content (AvgIpc) is 2.92. The van der Waals surface area contributed by atoms with Crippen LogP contribution < -0.4 is 0 Å². The van der Waals surface area contributed by atoms with Crippen molar-refractivity contribution in [3.05, 3.63) is 35.4 Å². The molecule has 17 heteroatoms. The van der Waals surface area contributed by atoms with E-state index in [1.807, 2.05) is 6.92 Å². The fraction of sp³-hybridized carbons (Fsp3) is 0.778. The van der Waals surface area contributed by atoms with Crippen molar-refractivity contribution in [2.24, 2.45) is 0 Å². The van der Waals surface area contributed by atoms with Gasteiger partial charge < -0.3 is 0 Å². The molecule has 0 spiro atoms. The Morgan fingerprint density at radius 3 is 1.34 bits per heavy atom. The summed E-state index contributed by atoms with van der Waals surface area (Å²) in [6.07, 6.45) is -6.21. The Balaban J connectivity index is 2.60. The maximum Gasteiger partial charge on any atom is 0.460 e. The summed E-state index contributed by atoms with van der Waals surface area (Å²) >= 11 is 0. The molecule has 0 aromatic heterocycles. The molecular weight excluding hydrogens is 647 g/mol. The van der Waals surface area contributed by atoms with Crippen LogP contribution in [0.1, 0.15) is 82.3 Å². The lowest BCUT2D eigenvalue weighted by atomic mass is 9.62. The third kappa shape index (κ3) is 5.74. The number of unbranched alkanes of at least 4 members (excludes halogenated alkanes) is 4. The lowest BCUT2D eigenvalue weighted by molar-refractivity contribution is -0.464. The number of hydrogen-bond acceptors (Lipinski definition) is 0. The first kappa shape index (κ1) is 38.2. The highest BCUT2D eigenvalue weighted by atomic mass is 19.4. The third-order valence-electron chi connectivity index (χ3n) is 8.11. The van der Waals surface area contributed by atoms with Gasteiger partial charge in [-0.05, 0) is 36.8 Å². The zero-order chi connectivity index (χ0) is 34.3. The fourth-order valence-corrected chi connectivity index (χ4v) is 5.33. The van der Waals surface area contributed by atoms with Gasteiger partial charge in [-0.25, -0.2) is 0 Å². The highest BCUT2D eigenvalue weighted by Gasteiger charge is 2.96. The Bertz CT molecular complexity index is 1080. The Labute approximate surface area is 241 Å². The highest BCUT2D eigenvalue weighted by molar-refractivity contribution is 5.35. The first-order valence-electron chi connectivity index (χ1n) is 13.6. The molecule has 0 nitrogen and oxygen atoms in total. The van der Waals surface area contributed by atoms with E-state index < -0.39 is 84.3 Å². The average molecular weight is 676 g/mol. The van der Waals surface area contributed by atoms with Crippen molar-refractivity contribution in [3.63, 3.8) is 0 Å². The van der Waals surface area contributed by atoms with Crippen LogP contribution in [0.5, 0.6) is 0 Å². The van der Waals surface area contributed by atoms with Gasteiger partial charge in [0.15, 0.2) is 0 Å². The molecule has 1 fully saturated rings. The number of hydrogen-bond donors (Lipinski definition) is 0. The van der Waals surface area contributed by atoms with E-state index in [-0.39, 0.29) is 6.42 Å². The van der Waals surface area contributed by atoms with Crippen molar-refractivity contribution >= 4 is 0 Å². The predicted molar refractivity (Wildman–Crippen MR) is 124 cm³/mol. The molecule has 0 heterocycles. The summed E-state index contributed by atoms with van der Waals surface area (Å²) in [5, 5.41) is 0. The topological polar surface area (TPSA) is 0 Å². The van der Waals surface area contributed by atoms with Gasteiger partial charge >= 0.3 is 47.6 Å². The molecule has 1 saturated carbocycles. The lowest BCUT2D eigenvalue weighted by Gasteiger charge is -2.49. The molecule has 1 aliphatic carbocycles. The molecule has 1 aromatic rings. The molecule has 0 bridgehead atoms. The first-order chi connectivity index (χ1) is 19.7. The summed E-state index contributed by atoms with van der Waals surface area (Å²) in [5.41, 5.74) is -3.80. The monoisotopic (exact) mass is 676 g/mol. The summed E-state index contributed by atoms with van der Waals surface area (Å²) in [4.78, 5) is 0. The maximum atomic E-state index is 15.7. The smallest absolute Gasteiger partial charge is 0.199 e. The number of alkyl halides is 17. The molecule has 44 heavy (non-hydrogen) atoms. The van der Waals surface area contributed by atoms with E-state index in [9.17, 15) is 57.1 Å². The lowest BCUT2D eigenvalue weighted by Crippen LogP contribution is -2.76. The van der Waals surface area contributed by atoms with Gasteiger partial charge in [-0.3, -0.25) is 0 Å². The van der Waals surface area contributed by atoms with E-state index in [1.54, 1.807) is 0 Å². The van der Waals surface area contributed by atoms with Crippen molar-refractivity contribution in [2.75, 3.05) is 0 Å². The second-order valence-electron chi connectivity index (χ2n) is 11.0. The molecule has 2 rings (SSSR count). The van der Waals surface area contributed by atoms with Crippen molar-refractivity contribution in [2.45, 2.75) is 131 Å². The van der Waals surface area contributed by atoms with Crippen molar-refractivity contribution in [1.82, 2.24) is 0 Å². The van der Waals surface area contributed by atoms with Crippen LogP contribution in [0, 0.1) is 0 Å². The molecule has 0 N–H and O–H groups in total. The van der Waals surface area contributed by atoms with Gasteiger partial charge in [-0.15, -0.1) is 0 Å². The van der Waals surface area contributed by atoms with Gasteiger partial charge in [0, 0.05) is 0 Å². The largest absolute Gasteiger partial charge is 0.460 e. The summed E-state index contributed by atoms with van der Waals surface area (Å²) < 4.78 is 237. The standard InChI is InChI=1S/C27H29F17/c1-2-3-4-5-7-10-17-11-13-18(14-12-17)19(15-8-6-9-16-19)20(28,29)21(30,31)22(32,33)23(34,35)24(36,37)25(38,39)26(40,41)27(42,43)44/h11-14H,2-10,15-16H2,1H3. The molecule has 256 valence electrons. The van der Waals surface area contributed by atoms with Gasteiger partial charge in [-0.2, -0.15) is 74.6 Å². The normalized spacial score (nSPS) is 18.0. The van der Waals surface area contributed by atoms with E-state index in [0.29, 0.717) is 18.4 Å². The fourth-order valence-electron chi connectivity index (χ4n) is 5.33. The number of benzene rings is 1. The van der Waals surface area contributed by atoms with Gasteiger partial charge in [0.25, 0.3) is 0 Å². The van der Waals surface area contributed by atoms with Crippen LogP contribution in [-0.4, -0.2) is 47.6 Å². The minimum atomic E-state index is -8.62. The Kier molecular flexibility index (Phi) is 10.7. The Hall–Kier alpha value is -1.97. The predicted octanol–water partition coefficient (Wildman–Crippen LogP) is 11.4. The van der Waals surface area contributed by atoms with Crippen molar-refractivity contribution in [3.8, 4) is 0 Å². The van der Waals surface area contributed by atoms with E-state index in [2.05, 4.69) is 0 Å². The zero-order valence-corrected chi connectivity index (χ0v) is 23.0. The van der Waals surface area contributed by atoms with E-state index in [4.69, 9.17) is 0 Å². The molecule has 0 amide bonds. The van der Waals surface area contributed by atoms with Crippen LogP contribution in [-0.2, 0) is 11.8 Å². The van der Waals surface area contributed by atoms with Crippen LogP contribution >= 0.6 is 0 Å². The molecule has 1 aromatic carbocycles. The SMILES string of the molecule is CCCCCCCc1ccc(C2(C(F)(F)C(F)(F)C(F)(F)C(F)(F)C(F)(F)C(F)(F)C(F)(F)C(F)(F)F)CCCCC2)cc1. The van der Waals surface area contributed by atoms with E-state index in [1.165, 1.54) is 12.1 Å². The molecule has 0 radical (unpaired) electrons. The summed E-state index contributed by atoms with van der Waals surface area (Å²) in [5.74, 6) is -56.3. The molecule has 0 saturated heterocycles. The van der Waals surface area contributed by atoms with Crippen LogP contribution in [0.4, 0.5) is 74.6 Å². The van der Waals surface area contributed by atoms with Crippen LogP contribution in [0.15, 0.2) is 24.3 Å². The minimum absolute atomic E-state index is 0.0582. The van der Waals surface area contributed by atoms with Crippen molar-refractivity contribution < 1.29 is 74.6 Å². The van der Waals surface area contributed by atoms with Crippen LogP contribution in [0.25, 0.3) is 0 Å². The summed E-state index contributed by atoms with van der Waals surface area (Å²) in [7, 11) is 0.